The molecule has 4 rings (SSSR count). The van der Waals surface area contributed by atoms with E-state index in [0.717, 1.165) is 5.56 Å². The molecule has 1 unspecified atom stereocenters. The van der Waals surface area contributed by atoms with Crippen LogP contribution in [0.2, 0.25) is 0 Å². The third kappa shape index (κ3) is 4.07. The van der Waals surface area contributed by atoms with E-state index in [1.807, 2.05) is 24.3 Å². The number of fused-ring (bicyclic) bond motifs is 1. The largest absolute Gasteiger partial charge is 0.497 e. The molecule has 32 heavy (non-hydrogen) atoms. The first-order valence-electron chi connectivity index (χ1n) is 10.0. The smallest absolute Gasteiger partial charge is 0.306 e. The summed E-state index contributed by atoms with van der Waals surface area (Å²) >= 11 is 0. The van der Waals surface area contributed by atoms with Crippen LogP contribution in [-0.4, -0.2) is 30.4 Å². The van der Waals surface area contributed by atoms with Crippen molar-refractivity contribution in [2.45, 2.75) is 18.8 Å². The molecule has 0 radical (unpaired) electrons. The molecule has 2 N–H and O–H groups in total. The Bertz CT molecular complexity index is 1360. The Morgan fingerprint density at radius 1 is 1.03 bits per heavy atom. The molecule has 0 saturated carbocycles. The zero-order chi connectivity index (χ0) is 22.7. The molecule has 0 aliphatic rings. The molecule has 0 aliphatic heterocycles. The van der Waals surface area contributed by atoms with E-state index in [4.69, 9.17) is 13.9 Å². The van der Waals surface area contributed by atoms with Crippen LogP contribution in [0.1, 0.15) is 34.7 Å². The number of methoxy groups -OCH3 is 2. The van der Waals surface area contributed by atoms with Gasteiger partial charge in [-0.25, -0.2) is 0 Å². The zero-order valence-corrected chi connectivity index (χ0v) is 17.6. The summed E-state index contributed by atoms with van der Waals surface area (Å²) in [6.07, 6.45) is 1.52. The van der Waals surface area contributed by atoms with E-state index < -0.39 is 17.4 Å². The maximum Gasteiger partial charge on any atom is 0.306 e. The zero-order valence-electron chi connectivity index (χ0n) is 17.6. The summed E-state index contributed by atoms with van der Waals surface area (Å²) < 4.78 is 15.7. The van der Waals surface area contributed by atoms with Gasteiger partial charge in [0.25, 0.3) is 5.56 Å². The lowest BCUT2D eigenvalue weighted by molar-refractivity contribution is -0.140. The number of ether oxygens (including phenoxy) is 2. The van der Waals surface area contributed by atoms with E-state index >= 15 is 0 Å². The first-order chi connectivity index (χ1) is 15.5. The Labute approximate surface area is 182 Å². The van der Waals surface area contributed by atoms with Crippen molar-refractivity contribution < 1.29 is 18.7 Å². The Kier molecular flexibility index (Phi) is 5.93. The van der Waals surface area contributed by atoms with Crippen LogP contribution in [0.4, 0.5) is 0 Å². The molecule has 2 aromatic heterocycles. The van der Waals surface area contributed by atoms with E-state index in [-0.39, 0.29) is 17.4 Å². The minimum Gasteiger partial charge on any atom is -0.497 e. The van der Waals surface area contributed by atoms with Crippen molar-refractivity contribution in [1.29, 1.82) is 0 Å². The molecule has 8 heteroatoms. The Morgan fingerprint density at radius 2 is 1.78 bits per heavy atom. The second-order valence-electron chi connectivity index (χ2n) is 7.35. The van der Waals surface area contributed by atoms with Crippen LogP contribution < -0.4 is 15.7 Å². The molecule has 0 fully saturated rings. The number of carbonyl (C=O) groups is 1. The normalized spacial score (nSPS) is 11.9. The number of aromatic amines is 2. The molecule has 0 amide bonds. The number of carbonyl (C=O) groups excluding carboxylic acids is 1. The van der Waals surface area contributed by atoms with E-state index in [2.05, 4.69) is 10.2 Å². The molecule has 0 spiro atoms. The number of benzene rings is 2. The third-order valence-electron chi connectivity index (χ3n) is 5.47. The fourth-order valence-corrected chi connectivity index (χ4v) is 3.81. The predicted octanol–water partition coefficient (Wildman–Crippen LogP) is 3.10. The van der Waals surface area contributed by atoms with Crippen molar-refractivity contribution in [3.63, 3.8) is 0 Å². The van der Waals surface area contributed by atoms with E-state index in [9.17, 15) is 14.4 Å². The lowest BCUT2D eigenvalue weighted by atomic mass is 9.87. The summed E-state index contributed by atoms with van der Waals surface area (Å²) in [4.78, 5) is 38.3. The summed E-state index contributed by atoms with van der Waals surface area (Å²) in [7, 11) is 2.85. The first-order valence-corrected chi connectivity index (χ1v) is 10.0. The van der Waals surface area contributed by atoms with Gasteiger partial charge < -0.3 is 19.0 Å². The van der Waals surface area contributed by atoms with Gasteiger partial charge in [-0.15, -0.1) is 0 Å². The summed E-state index contributed by atoms with van der Waals surface area (Å²) in [5, 5.41) is 5.86. The predicted molar refractivity (Wildman–Crippen MR) is 118 cm³/mol. The summed E-state index contributed by atoms with van der Waals surface area (Å²) in [6, 6.07) is 14.2. The van der Waals surface area contributed by atoms with Crippen LogP contribution in [0.3, 0.4) is 0 Å². The molecule has 8 nitrogen and oxygen atoms in total. The maximum atomic E-state index is 13.2. The molecule has 0 aliphatic carbocycles. The molecule has 0 saturated heterocycles. The molecule has 2 heterocycles. The average molecular weight is 434 g/mol. The second kappa shape index (κ2) is 8.97. The Hall–Kier alpha value is -4.07. The van der Waals surface area contributed by atoms with Crippen molar-refractivity contribution in [2.75, 3.05) is 14.2 Å². The third-order valence-corrected chi connectivity index (χ3v) is 5.47. The molecule has 0 bridgehead atoms. The number of H-pyrrole nitrogens is 2. The van der Waals surface area contributed by atoms with Crippen LogP contribution in [0, 0.1) is 0 Å². The molecular weight excluding hydrogens is 412 g/mol. The topological polar surface area (TPSA) is 114 Å². The van der Waals surface area contributed by atoms with Gasteiger partial charge in [0.2, 0.25) is 0 Å². The van der Waals surface area contributed by atoms with Crippen molar-refractivity contribution in [2.24, 2.45) is 0 Å². The van der Waals surface area contributed by atoms with Crippen LogP contribution in [0.15, 0.2) is 68.8 Å². The maximum absolute atomic E-state index is 13.2. The highest BCUT2D eigenvalue weighted by atomic mass is 16.5. The van der Waals surface area contributed by atoms with Gasteiger partial charge in [-0.1, -0.05) is 24.3 Å². The standard InChI is InChI=1S/C24H22N2O6/c1-30-15-9-7-14(8-10-15)11-19-22(24(29)26-25-19)17(12-21(27)31-2)18-13-32-20-6-4-3-5-16(20)23(18)28/h3-10,13,17H,11-12H2,1-2H3,(H2,25,26,29). The number of nitrogens with one attached hydrogen (secondary N) is 2. The molecular formula is C24H22N2O6. The van der Waals surface area contributed by atoms with Gasteiger partial charge in [0, 0.05) is 29.2 Å². The van der Waals surface area contributed by atoms with Crippen LogP contribution >= 0.6 is 0 Å². The van der Waals surface area contributed by atoms with Crippen LogP contribution in [0.25, 0.3) is 11.0 Å². The molecule has 4 aromatic rings. The first kappa shape index (κ1) is 21.2. The minimum absolute atomic E-state index is 0.184. The van der Waals surface area contributed by atoms with E-state index in [1.54, 1.807) is 31.4 Å². The summed E-state index contributed by atoms with van der Waals surface area (Å²) in [6.45, 7) is 0. The molecule has 164 valence electrons. The highest BCUT2D eigenvalue weighted by Gasteiger charge is 2.29. The average Bonchev–Trinajstić information content (AvgIpc) is 3.18. The van der Waals surface area contributed by atoms with Gasteiger partial charge in [-0.05, 0) is 29.8 Å². The second-order valence-corrected chi connectivity index (χ2v) is 7.35. The SMILES string of the molecule is COC(=O)CC(c1c(Cc2ccc(OC)cc2)[nH][nH]c1=O)c1coc2ccccc2c1=O. The van der Waals surface area contributed by atoms with E-state index in [1.165, 1.54) is 13.4 Å². The van der Waals surface area contributed by atoms with Gasteiger partial charge in [-0.3, -0.25) is 19.5 Å². The minimum atomic E-state index is -0.841. The lowest BCUT2D eigenvalue weighted by Crippen LogP contribution is -2.23. The number of hydrogen-bond acceptors (Lipinski definition) is 6. The Balaban J connectivity index is 1.82. The number of aromatic nitrogens is 2. The highest BCUT2D eigenvalue weighted by molar-refractivity contribution is 5.77. The van der Waals surface area contributed by atoms with Gasteiger partial charge >= 0.3 is 5.97 Å². The summed E-state index contributed by atoms with van der Waals surface area (Å²) in [5.41, 5.74) is 1.74. The lowest BCUT2D eigenvalue weighted by Gasteiger charge is -2.16. The number of para-hydroxylation sites is 1. The van der Waals surface area contributed by atoms with Gasteiger partial charge in [0.1, 0.15) is 11.3 Å². The van der Waals surface area contributed by atoms with Gasteiger partial charge in [0.15, 0.2) is 5.43 Å². The van der Waals surface area contributed by atoms with Gasteiger partial charge in [-0.2, -0.15) is 0 Å². The van der Waals surface area contributed by atoms with Crippen molar-refractivity contribution in [1.82, 2.24) is 10.2 Å². The van der Waals surface area contributed by atoms with Gasteiger partial charge in [0.05, 0.1) is 32.3 Å². The van der Waals surface area contributed by atoms with Crippen molar-refractivity contribution in [3.05, 3.63) is 97.8 Å². The van der Waals surface area contributed by atoms with E-state index in [0.29, 0.717) is 34.4 Å². The Morgan fingerprint density at radius 3 is 2.50 bits per heavy atom. The fourth-order valence-electron chi connectivity index (χ4n) is 3.81. The van der Waals surface area contributed by atoms with Crippen LogP contribution in [-0.2, 0) is 16.0 Å². The van der Waals surface area contributed by atoms with Crippen molar-refractivity contribution >= 4 is 16.9 Å². The monoisotopic (exact) mass is 434 g/mol. The number of hydrogen-bond donors (Lipinski definition) is 2. The van der Waals surface area contributed by atoms with Crippen molar-refractivity contribution in [3.8, 4) is 5.75 Å². The highest BCUT2D eigenvalue weighted by Crippen LogP contribution is 2.29. The number of rotatable bonds is 7. The fraction of sp³-hybridized carbons (Fsp3) is 0.208. The molecule has 1 atom stereocenters. The quantitative estimate of drug-likeness (QED) is 0.432. The summed E-state index contributed by atoms with van der Waals surface area (Å²) in [5.74, 6) is -0.668. The molecule has 2 aromatic carbocycles. The number of esters is 1. The van der Waals surface area contributed by atoms with Crippen LogP contribution in [0.5, 0.6) is 5.75 Å².